The quantitative estimate of drug-likeness (QED) is 0.855. The molecular formula is C17H19N3O3S. The van der Waals surface area contributed by atoms with Crippen molar-refractivity contribution in [3.05, 3.63) is 46.4 Å². The van der Waals surface area contributed by atoms with E-state index in [9.17, 15) is 9.59 Å². The number of amides is 2. The van der Waals surface area contributed by atoms with Crippen molar-refractivity contribution in [1.82, 2.24) is 14.8 Å². The molecule has 1 aliphatic heterocycles. The lowest BCUT2D eigenvalue weighted by molar-refractivity contribution is -0.133. The molecule has 2 amide bonds. The lowest BCUT2D eigenvalue weighted by atomic mass is 10.0. The van der Waals surface area contributed by atoms with Crippen LogP contribution in [-0.4, -0.2) is 53.3 Å². The van der Waals surface area contributed by atoms with Crippen LogP contribution in [0.25, 0.3) is 0 Å². The van der Waals surface area contributed by atoms with Gasteiger partial charge in [-0.1, -0.05) is 12.1 Å². The average molecular weight is 345 g/mol. The first kappa shape index (κ1) is 16.4. The predicted molar refractivity (Wildman–Crippen MR) is 91.1 cm³/mol. The molecule has 2 heterocycles. The highest BCUT2D eigenvalue weighted by molar-refractivity contribution is 7.07. The fourth-order valence-corrected chi connectivity index (χ4v) is 3.46. The highest BCUT2D eigenvalue weighted by atomic mass is 32.1. The summed E-state index contributed by atoms with van der Waals surface area (Å²) in [7, 11) is 1.62. The number of piperazine rings is 1. The van der Waals surface area contributed by atoms with E-state index < -0.39 is 0 Å². The number of hydrogen-bond donors (Lipinski definition) is 0. The van der Waals surface area contributed by atoms with Crippen LogP contribution in [0.4, 0.5) is 0 Å². The molecule has 24 heavy (non-hydrogen) atoms. The molecule has 1 atom stereocenters. The Morgan fingerprint density at radius 1 is 1.25 bits per heavy atom. The fourth-order valence-electron chi connectivity index (χ4n) is 2.94. The second kappa shape index (κ2) is 7.00. The summed E-state index contributed by atoms with van der Waals surface area (Å²) in [6, 6.07) is 7.46. The monoisotopic (exact) mass is 345 g/mol. The molecule has 0 radical (unpaired) electrons. The topological polar surface area (TPSA) is 62.7 Å². The molecule has 6 nitrogen and oxygen atoms in total. The van der Waals surface area contributed by atoms with Gasteiger partial charge in [0.2, 0.25) is 5.91 Å². The molecule has 3 rings (SSSR count). The maximum absolute atomic E-state index is 12.6. The molecule has 2 aromatic rings. The van der Waals surface area contributed by atoms with E-state index in [0.717, 1.165) is 11.3 Å². The van der Waals surface area contributed by atoms with E-state index in [4.69, 9.17) is 4.74 Å². The second-order valence-corrected chi connectivity index (χ2v) is 6.34. The van der Waals surface area contributed by atoms with Crippen molar-refractivity contribution in [3.8, 4) is 5.75 Å². The van der Waals surface area contributed by atoms with E-state index in [1.54, 1.807) is 29.8 Å². The smallest absolute Gasteiger partial charge is 0.273 e. The Morgan fingerprint density at radius 2 is 2.00 bits per heavy atom. The van der Waals surface area contributed by atoms with Gasteiger partial charge in [0, 0.05) is 31.9 Å². The zero-order valence-electron chi connectivity index (χ0n) is 13.6. The summed E-state index contributed by atoms with van der Waals surface area (Å²) in [4.78, 5) is 32.2. The van der Waals surface area contributed by atoms with Gasteiger partial charge in [-0.25, -0.2) is 4.98 Å². The van der Waals surface area contributed by atoms with Crippen LogP contribution in [0.15, 0.2) is 35.2 Å². The van der Waals surface area contributed by atoms with E-state index in [1.807, 2.05) is 29.2 Å². The molecule has 1 aromatic carbocycles. The minimum absolute atomic E-state index is 0.0107. The zero-order valence-corrected chi connectivity index (χ0v) is 14.5. The number of carbonyl (C=O) groups is 2. The molecule has 0 unspecified atom stereocenters. The largest absolute Gasteiger partial charge is 0.497 e. The summed E-state index contributed by atoms with van der Waals surface area (Å²) in [6.07, 6.45) is 0. The zero-order chi connectivity index (χ0) is 17.1. The number of aromatic nitrogens is 1. The number of carbonyl (C=O) groups excluding carboxylic acids is 2. The van der Waals surface area contributed by atoms with Gasteiger partial charge in [0.05, 0.1) is 18.7 Å². The van der Waals surface area contributed by atoms with Crippen molar-refractivity contribution in [2.45, 2.75) is 13.0 Å². The van der Waals surface area contributed by atoms with Gasteiger partial charge in [-0.2, -0.15) is 0 Å². The van der Waals surface area contributed by atoms with Crippen molar-refractivity contribution in [1.29, 1.82) is 0 Å². The Labute approximate surface area is 144 Å². The molecule has 0 aliphatic carbocycles. The molecule has 1 saturated heterocycles. The molecule has 1 fully saturated rings. The summed E-state index contributed by atoms with van der Waals surface area (Å²) in [5, 5.41) is 1.75. The van der Waals surface area contributed by atoms with Gasteiger partial charge >= 0.3 is 0 Å². The van der Waals surface area contributed by atoms with E-state index in [-0.39, 0.29) is 17.9 Å². The van der Waals surface area contributed by atoms with Crippen LogP contribution in [-0.2, 0) is 4.79 Å². The molecule has 0 bridgehead atoms. The van der Waals surface area contributed by atoms with Crippen LogP contribution in [0, 0.1) is 0 Å². The standard InChI is InChI=1S/C17H19N3O3S/c1-12(21)20-8-7-19(17(22)15-10-24-11-18-15)9-16(20)13-3-5-14(23-2)6-4-13/h3-6,10-11,16H,7-9H2,1-2H3/t16-/m0/s1. The first-order valence-corrected chi connectivity index (χ1v) is 8.63. The average Bonchev–Trinajstić information content (AvgIpc) is 3.15. The van der Waals surface area contributed by atoms with Crippen LogP contribution in [0.3, 0.4) is 0 Å². The number of thiazole rings is 1. The maximum Gasteiger partial charge on any atom is 0.273 e. The third-order valence-corrected chi connectivity index (χ3v) is 4.81. The molecule has 0 spiro atoms. The first-order chi connectivity index (χ1) is 11.6. The minimum Gasteiger partial charge on any atom is -0.497 e. The van der Waals surface area contributed by atoms with Crippen LogP contribution in [0.5, 0.6) is 5.75 Å². The summed E-state index contributed by atoms with van der Waals surface area (Å²) in [5.74, 6) is 0.689. The summed E-state index contributed by atoms with van der Waals surface area (Å²) < 4.78 is 5.19. The molecule has 0 N–H and O–H groups in total. The van der Waals surface area contributed by atoms with Gasteiger partial charge in [0.25, 0.3) is 5.91 Å². The molecule has 1 aliphatic rings. The number of benzene rings is 1. The summed E-state index contributed by atoms with van der Waals surface area (Å²) in [5.41, 5.74) is 3.10. The first-order valence-electron chi connectivity index (χ1n) is 7.68. The Kier molecular flexibility index (Phi) is 4.80. The number of ether oxygens (including phenoxy) is 1. The van der Waals surface area contributed by atoms with Gasteiger partial charge < -0.3 is 14.5 Å². The van der Waals surface area contributed by atoms with Crippen molar-refractivity contribution < 1.29 is 14.3 Å². The predicted octanol–water partition coefficient (Wildman–Crippen LogP) is 2.20. The van der Waals surface area contributed by atoms with Gasteiger partial charge in [-0.05, 0) is 17.7 Å². The SMILES string of the molecule is COc1ccc([C@@H]2CN(C(=O)c3cscn3)CCN2C(C)=O)cc1. The van der Waals surface area contributed by atoms with Gasteiger partial charge in [0.15, 0.2) is 0 Å². The Bertz CT molecular complexity index is 715. The number of rotatable bonds is 3. The molecule has 7 heteroatoms. The minimum atomic E-state index is -0.162. The van der Waals surface area contributed by atoms with E-state index >= 15 is 0 Å². The fraction of sp³-hybridized carbons (Fsp3) is 0.353. The lowest BCUT2D eigenvalue weighted by Gasteiger charge is -2.41. The molecule has 0 saturated carbocycles. The maximum atomic E-state index is 12.6. The highest BCUT2D eigenvalue weighted by Gasteiger charge is 2.32. The van der Waals surface area contributed by atoms with Crippen LogP contribution < -0.4 is 4.74 Å². The van der Waals surface area contributed by atoms with E-state index in [0.29, 0.717) is 25.3 Å². The molecule has 1 aromatic heterocycles. The second-order valence-electron chi connectivity index (χ2n) is 5.63. The van der Waals surface area contributed by atoms with E-state index in [2.05, 4.69) is 4.98 Å². The van der Waals surface area contributed by atoms with Crippen molar-refractivity contribution in [3.63, 3.8) is 0 Å². The highest BCUT2D eigenvalue weighted by Crippen LogP contribution is 2.28. The number of nitrogens with zero attached hydrogens (tertiary/aromatic N) is 3. The Hall–Kier alpha value is -2.41. The van der Waals surface area contributed by atoms with Crippen LogP contribution >= 0.6 is 11.3 Å². The summed E-state index contributed by atoms with van der Waals surface area (Å²) >= 11 is 1.40. The Morgan fingerprint density at radius 3 is 2.58 bits per heavy atom. The summed E-state index contributed by atoms with van der Waals surface area (Å²) in [6.45, 7) is 3.06. The van der Waals surface area contributed by atoms with Crippen LogP contribution in [0.2, 0.25) is 0 Å². The number of hydrogen-bond acceptors (Lipinski definition) is 5. The molecule has 126 valence electrons. The van der Waals surface area contributed by atoms with Crippen molar-refractivity contribution >= 4 is 23.2 Å². The normalized spacial score (nSPS) is 17.7. The van der Waals surface area contributed by atoms with E-state index in [1.165, 1.54) is 11.3 Å². The van der Waals surface area contributed by atoms with Crippen molar-refractivity contribution in [2.75, 3.05) is 26.7 Å². The third kappa shape index (κ3) is 3.26. The van der Waals surface area contributed by atoms with Gasteiger partial charge in [-0.15, -0.1) is 11.3 Å². The third-order valence-electron chi connectivity index (χ3n) is 4.22. The van der Waals surface area contributed by atoms with Crippen molar-refractivity contribution in [2.24, 2.45) is 0 Å². The van der Waals surface area contributed by atoms with Crippen LogP contribution in [0.1, 0.15) is 29.0 Å². The Balaban J connectivity index is 1.84. The lowest BCUT2D eigenvalue weighted by Crippen LogP contribution is -2.51. The van der Waals surface area contributed by atoms with Gasteiger partial charge in [-0.3, -0.25) is 9.59 Å². The van der Waals surface area contributed by atoms with Gasteiger partial charge in [0.1, 0.15) is 11.4 Å². The molecular weight excluding hydrogens is 326 g/mol. The number of methoxy groups -OCH3 is 1.